The topological polar surface area (TPSA) is 53.2 Å². The molecule has 8 heteroatoms. The van der Waals surface area contributed by atoms with Gasteiger partial charge in [0.1, 0.15) is 0 Å². The quantitative estimate of drug-likeness (QED) is 0.689. The van der Waals surface area contributed by atoms with Crippen LogP contribution in [-0.4, -0.2) is 11.0 Å². The van der Waals surface area contributed by atoms with Crippen molar-refractivity contribution in [2.45, 2.75) is 13.0 Å². The molecular weight excluding hydrogens is 380 g/mol. The minimum absolute atomic E-state index is 0.150. The van der Waals surface area contributed by atoms with Gasteiger partial charge in [-0.25, -0.2) is 8.78 Å². The lowest BCUT2D eigenvalue weighted by molar-refractivity contribution is -0.113. The minimum Gasteiger partial charge on any atom is -0.351 e. The lowest BCUT2D eigenvalue weighted by Gasteiger charge is -2.30. The van der Waals surface area contributed by atoms with Crippen LogP contribution >= 0.6 is 23.8 Å². The van der Waals surface area contributed by atoms with Crippen LogP contribution in [0.3, 0.4) is 0 Å². The average molecular weight is 394 g/mol. The van der Waals surface area contributed by atoms with Gasteiger partial charge in [0.2, 0.25) is 0 Å². The predicted octanol–water partition coefficient (Wildman–Crippen LogP) is 4.05. The molecule has 0 bridgehead atoms. The standard InChI is InChI=1S/C18H14ClF2N3OS/c1-9-15(17(25)23-12-6-7-13(20)14(21)8-12)16(24-18(26)22-9)10-2-4-11(19)5-3-10/h2-8,16H,1H3,(H,23,25)(H2,22,24,26). The van der Waals surface area contributed by atoms with Crippen LogP contribution in [-0.2, 0) is 4.79 Å². The fourth-order valence-electron chi connectivity index (χ4n) is 2.67. The number of allylic oxidation sites excluding steroid dienone is 1. The second kappa shape index (κ2) is 7.39. The highest BCUT2D eigenvalue weighted by Crippen LogP contribution is 2.28. The Morgan fingerprint density at radius 3 is 2.50 bits per heavy atom. The van der Waals surface area contributed by atoms with E-state index in [4.69, 9.17) is 23.8 Å². The van der Waals surface area contributed by atoms with E-state index in [1.165, 1.54) is 6.07 Å². The third-order valence-electron chi connectivity index (χ3n) is 3.89. The van der Waals surface area contributed by atoms with E-state index >= 15 is 0 Å². The maximum atomic E-state index is 13.4. The Balaban J connectivity index is 1.93. The molecule has 0 fully saturated rings. The highest BCUT2D eigenvalue weighted by Gasteiger charge is 2.30. The molecule has 3 N–H and O–H groups in total. The zero-order valence-corrected chi connectivity index (χ0v) is 15.1. The number of nitrogens with one attached hydrogen (secondary N) is 3. The molecule has 0 spiro atoms. The van der Waals surface area contributed by atoms with Gasteiger partial charge in [-0.1, -0.05) is 23.7 Å². The Labute approximate surface area is 159 Å². The van der Waals surface area contributed by atoms with Gasteiger partial charge in [0.05, 0.1) is 11.6 Å². The largest absolute Gasteiger partial charge is 0.351 e. The second-order valence-electron chi connectivity index (χ2n) is 5.70. The fraction of sp³-hybridized carbons (Fsp3) is 0.111. The van der Waals surface area contributed by atoms with Crippen molar-refractivity contribution < 1.29 is 13.6 Å². The number of amides is 1. The summed E-state index contributed by atoms with van der Waals surface area (Å²) in [6.07, 6.45) is 0. The lowest BCUT2D eigenvalue weighted by Crippen LogP contribution is -2.45. The summed E-state index contributed by atoms with van der Waals surface area (Å²) in [7, 11) is 0. The van der Waals surface area contributed by atoms with Gasteiger partial charge in [-0.3, -0.25) is 4.79 Å². The van der Waals surface area contributed by atoms with Crippen LogP contribution in [0.15, 0.2) is 53.7 Å². The van der Waals surface area contributed by atoms with Crippen LogP contribution in [0.2, 0.25) is 5.02 Å². The van der Waals surface area contributed by atoms with Crippen molar-refractivity contribution in [2.75, 3.05) is 5.32 Å². The van der Waals surface area contributed by atoms with Crippen LogP contribution in [0.5, 0.6) is 0 Å². The third-order valence-corrected chi connectivity index (χ3v) is 4.37. The Hall–Kier alpha value is -2.51. The Bertz CT molecular complexity index is 915. The molecule has 1 aliphatic rings. The first-order valence-corrected chi connectivity index (χ1v) is 8.44. The molecule has 0 saturated heterocycles. The molecule has 1 heterocycles. The summed E-state index contributed by atoms with van der Waals surface area (Å²) in [6, 6.07) is 9.65. The van der Waals surface area contributed by atoms with Crippen molar-refractivity contribution in [3.63, 3.8) is 0 Å². The average Bonchev–Trinajstić information content (AvgIpc) is 2.58. The molecule has 134 valence electrons. The molecule has 2 aromatic rings. The van der Waals surface area contributed by atoms with Crippen LogP contribution in [0.1, 0.15) is 18.5 Å². The Morgan fingerprint density at radius 1 is 1.15 bits per heavy atom. The summed E-state index contributed by atoms with van der Waals surface area (Å²) in [6.45, 7) is 1.72. The van der Waals surface area contributed by atoms with E-state index in [0.717, 1.165) is 17.7 Å². The van der Waals surface area contributed by atoms with E-state index in [9.17, 15) is 13.6 Å². The van der Waals surface area contributed by atoms with E-state index in [1.54, 1.807) is 31.2 Å². The number of rotatable bonds is 3. The van der Waals surface area contributed by atoms with Crippen LogP contribution in [0.25, 0.3) is 0 Å². The first-order valence-electron chi connectivity index (χ1n) is 7.65. The van der Waals surface area contributed by atoms with Gasteiger partial charge in [0, 0.05) is 22.5 Å². The van der Waals surface area contributed by atoms with Gasteiger partial charge in [0.15, 0.2) is 16.7 Å². The second-order valence-corrected chi connectivity index (χ2v) is 6.55. The maximum absolute atomic E-state index is 13.4. The number of carbonyl (C=O) groups excluding carboxylic acids is 1. The number of carbonyl (C=O) groups is 1. The SMILES string of the molecule is CC1=C(C(=O)Nc2ccc(F)c(F)c2)C(c2ccc(Cl)cc2)NC(=S)N1. The van der Waals surface area contributed by atoms with Crippen LogP contribution in [0, 0.1) is 11.6 Å². The number of hydrogen-bond donors (Lipinski definition) is 3. The summed E-state index contributed by atoms with van der Waals surface area (Å²) in [4.78, 5) is 12.8. The molecule has 1 atom stereocenters. The summed E-state index contributed by atoms with van der Waals surface area (Å²) >= 11 is 11.1. The van der Waals surface area contributed by atoms with Crippen molar-refractivity contribution >= 4 is 40.5 Å². The predicted molar refractivity (Wildman–Crippen MR) is 101 cm³/mol. The number of thiocarbonyl (C=S) groups is 1. The molecule has 0 radical (unpaired) electrons. The van der Waals surface area contributed by atoms with Gasteiger partial charge in [-0.15, -0.1) is 0 Å². The van der Waals surface area contributed by atoms with Crippen molar-refractivity contribution in [1.29, 1.82) is 0 Å². The van der Waals surface area contributed by atoms with E-state index in [2.05, 4.69) is 16.0 Å². The Morgan fingerprint density at radius 2 is 1.85 bits per heavy atom. The number of benzene rings is 2. The minimum atomic E-state index is -1.04. The smallest absolute Gasteiger partial charge is 0.255 e. The molecule has 1 unspecified atom stereocenters. The van der Waals surface area contributed by atoms with E-state index in [1.807, 2.05) is 0 Å². The van der Waals surface area contributed by atoms with Crippen LogP contribution in [0.4, 0.5) is 14.5 Å². The highest BCUT2D eigenvalue weighted by molar-refractivity contribution is 7.80. The van der Waals surface area contributed by atoms with E-state index in [0.29, 0.717) is 21.4 Å². The summed E-state index contributed by atoms with van der Waals surface area (Å²) in [5, 5.41) is 9.48. The van der Waals surface area contributed by atoms with Gasteiger partial charge in [-0.2, -0.15) is 0 Å². The van der Waals surface area contributed by atoms with Gasteiger partial charge in [-0.05, 0) is 49.0 Å². The Kier molecular flexibility index (Phi) is 5.20. The molecule has 1 amide bonds. The van der Waals surface area contributed by atoms with Crippen molar-refractivity contribution in [3.05, 3.63) is 76.0 Å². The molecule has 0 aromatic heterocycles. The number of anilines is 1. The molecule has 0 saturated carbocycles. The van der Waals surface area contributed by atoms with Gasteiger partial charge in [0.25, 0.3) is 5.91 Å². The molecule has 2 aromatic carbocycles. The normalized spacial score (nSPS) is 16.8. The molecular formula is C18H14ClF2N3OS. The molecule has 4 nitrogen and oxygen atoms in total. The van der Waals surface area contributed by atoms with Crippen LogP contribution < -0.4 is 16.0 Å². The summed E-state index contributed by atoms with van der Waals surface area (Å²) in [5.74, 6) is -2.48. The van der Waals surface area contributed by atoms with Gasteiger partial charge < -0.3 is 16.0 Å². The molecule has 26 heavy (non-hydrogen) atoms. The zero-order chi connectivity index (χ0) is 18.8. The first kappa shape index (κ1) is 18.3. The monoisotopic (exact) mass is 393 g/mol. The highest BCUT2D eigenvalue weighted by atomic mass is 35.5. The molecule has 1 aliphatic heterocycles. The number of halogens is 3. The van der Waals surface area contributed by atoms with E-state index in [-0.39, 0.29) is 5.69 Å². The first-order chi connectivity index (χ1) is 12.3. The summed E-state index contributed by atoms with van der Waals surface area (Å²) in [5.41, 5.74) is 1.88. The van der Waals surface area contributed by atoms with E-state index < -0.39 is 23.6 Å². The lowest BCUT2D eigenvalue weighted by atomic mass is 9.95. The van der Waals surface area contributed by atoms with Crippen molar-refractivity contribution in [1.82, 2.24) is 10.6 Å². The number of hydrogen-bond acceptors (Lipinski definition) is 2. The third kappa shape index (κ3) is 3.84. The van der Waals surface area contributed by atoms with Crippen molar-refractivity contribution in [3.8, 4) is 0 Å². The molecule has 3 rings (SSSR count). The van der Waals surface area contributed by atoms with Crippen molar-refractivity contribution in [2.24, 2.45) is 0 Å². The molecule has 0 aliphatic carbocycles. The maximum Gasteiger partial charge on any atom is 0.255 e. The zero-order valence-electron chi connectivity index (χ0n) is 13.6. The summed E-state index contributed by atoms with van der Waals surface area (Å²) < 4.78 is 26.5. The fourth-order valence-corrected chi connectivity index (χ4v) is 3.07. The van der Waals surface area contributed by atoms with Gasteiger partial charge >= 0.3 is 0 Å².